The summed E-state index contributed by atoms with van der Waals surface area (Å²) < 4.78 is 41.6. The first-order valence-corrected chi connectivity index (χ1v) is 10.5. The number of carbonyl (C=O) groups is 4. The number of nitrogens with one attached hydrogen (secondary N) is 2. The molecule has 2 fully saturated rings. The predicted molar refractivity (Wildman–Crippen MR) is 108 cm³/mol. The van der Waals surface area contributed by atoms with Gasteiger partial charge in [-0.2, -0.15) is 13.2 Å². The van der Waals surface area contributed by atoms with Crippen LogP contribution in [0.3, 0.4) is 0 Å². The maximum Gasteiger partial charge on any atom is 0.409 e. The number of alkyl halides is 3. The summed E-state index contributed by atoms with van der Waals surface area (Å²) in [5.41, 5.74) is -1.22. The summed E-state index contributed by atoms with van der Waals surface area (Å²) in [6.07, 6.45) is -3.13. The van der Waals surface area contributed by atoms with Crippen LogP contribution in [0.4, 0.5) is 29.3 Å². The highest BCUT2D eigenvalue weighted by molar-refractivity contribution is 6.12. The first-order valence-electron chi connectivity index (χ1n) is 10.5. The van der Waals surface area contributed by atoms with E-state index in [0.29, 0.717) is 16.2 Å². The van der Waals surface area contributed by atoms with Crippen LogP contribution in [-0.2, 0) is 14.4 Å². The third-order valence-electron chi connectivity index (χ3n) is 6.57. The van der Waals surface area contributed by atoms with E-state index in [0.717, 1.165) is 19.3 Å². The minimum atomic E-state index is -4.90. The Kier molecular flexibility index (Phi) is 5.38. The van der Waals surface area contributed by atoms with Gasteiger partial charge in [-0.1, -0.05) is 31.9 Å². The van der Waals surface area contributed by atoms with Gasteiger partial charge in [0.25, 0.3) is 5.91 Å². The van der Waals surface area contributed by atoms with E-state index in [1.807, 2.05) is 6.92 Å². The highest BCUT2D eigenvalue weighted by atomic mass is 19.4. The number of para-hydroxylation sites is 2. The second-order valence-corrected chi connectivity index (χ2v) is 8.53. The minimum Gasteiger partial charge on any atom is -0.324 e. The van der Waals surface area contributed by atoms with E-state index >= 15 is 0 Å². The van der Waals surface area contributed by atoms with Gasteiger partial charge < -0.3 is 10.6 Å². The van der Waals surface area contributed by atoms with Crippen LogP contribution < -0.4 is 15.5 Å². The Labute approximate surface area is 182 Å². The second-order valence-electron chi connectivity index (χ2n) is 8.53. The van der Waals surface area contributed by atoms with Crippen molar-refractivity contribution in [3.63, 3.8) is 0 Å². The number of hydrogen-bond donors (Lipinski definition) is 2. The van der Waals surface area contributed by atoms with Crippen LogP contribution in [0.25, 0.3) is 0 Å². The molecule has 0 bridgehead atoms. The number of halogens is 3. The van der Waals surface area contributed by atoms with E-state index in [1.54, 1.807) is 0 Å². The van der Waals surface area contributed by atoms with Gasteiger partial charge >= 0.3 is 12.2 Å². The Morgan fingerprint density at radius 3 is 2.59 bits per heavy atom. The largest absolute Gasteiger partial charge is 0.409 e. The molecule has 2 N–H and O–H groups in total. The number of nitrogens with zero attached hydrogens (tertiary/aromatic N) is 2. The molecule has 5 amide bonds. The highest BCUT2D eigenvalue weighted by Crippen LogP contribution is 2.40. The van der Waals surface area contributed by atoms with Crippen molar-refractivity contribution in [2.75, 3.05) is 16.8 Å². The number of hydrogen-bond acceptors (Lipinski definition) is 4. The van der Waals surface area contributed by atoms with Gasteiger partial charge in [-0.05, 0) is 30.9 Å². The molecule has 3 aliphatic rings. The summed E-state index contributed by atoms with van der Waals surface area (Å²) in [5.74, 6) is -2.74. The number of carbonyl (C=O) groups excluding carboxylic acids is 4. The molecule has 1 aromatic carbocycles. The van der Waals surface area contributed by atoms with Crippen LogP contribution >= 0.6 is 0 Å². The minimum absolute atomic E-state index is 0.0483. The van der Waals surface area contributed by atoms with Crippen LogP contribution in [0.15, 0.2) is 24.3 Å². The van der Waals surface area contributed by atoms with Crippen molar-refractivity contribution in [3.05, 3.63) is 24.3 Å². The first-order chi connectivity index (χ1) is 15.0. The lowest BCUT2D eigenvalue weighted by atomic mass is 9.73. The van der Waals surface area contributed by atoms with Crippen molar-refractivity contribution < 1.29 is 32.3 Å². The molecule has 8 nitrogen and oxygen atoms in total. The SMILES string of the molecule is CC1CCCCC12NC(=O)N(CC(=O)N1c3ccccc3NC(=O)CC1C(F)(F)F)C2=O. The Morgan fingerprint density at radius 2 is 1.91 bits per heavy atom. The van der Waals surface area contributed by atoms with Crippen LogP contribution in [0.5, 0.6) is 0 Å². The summed E-state index contributed by atoms with van der Waals surface area (Å²) in [7, 11) is 0. The van der Waals surface area contributed by atoms with Gasteiger partial charge in [0, 0.05) is 0 Å². The molecule has 11 heteroatoms. The lowest BCUT2D eigenvalue weighted by molar-refractivity contribution is -0.158. The van der Waals surface area contributed by atoms with E-state index in [9.17, 15) is 32.3 Å². The zero-order valence-electron chi connectivity index (χ0n) is 17.4. The maximum absolute atomic E-state index is 13.9. The van der Waals surface area contributed by atoms with Crippen molar-refractivity contribution in [2.24, 2.45) is 5.92 Å². The average Bonchev–Trinajstić information content (AvgIpc) is 2.86. The molecular formula is C21H23F3N4O4. The third-order valence-corrected chi connectivity index (χ3v) is 6.57. The quantitative estimate of drug-likeness (QED) is 0.675. The van der Waals surface area contributed by atoms with Gasteiger partial charge in [-0.15, -0.1) is 0 Å². The molecule has 4 rings (SSSR count). The number of fused-ring (bicyclic) bond motifs is 1. The molecular weight excluding hydrogens is 429 g/mol. The van der Waals surface area contributed by atoms with E-state index in [1.165, 1.54) is 24.3 Å². The van der Waals surface area contributed by atoms with Gasteiger partial charge in [0.2, 0.25) is 11.8 Å². The normalized spacial score (nSPS) is 28.3. The van der Waals surface area contributed by atoms with Gasteiger partial charge in [-0.25, -0.2) is 4.79 Å². The molecule has 1 aliphatic carbocycles. The lowest BCUT2D eigenvalue weighted by Gasteiger charge is -2.37. The summed E-state index contributed by atoms with van der Waals surface area (Å²) in [6.45, 7) is 0.985. The van der Waals surface area contributed by atoms with E-state index in [4.69, 9.17) is 0 Å². The Bertz CT molecular complexity index is 982. The zero-order chi connectivity index (χ0) is 23.3. The van der Waals surface area contributed by atoms with Crippen LogP contribution in [0, 0.1) is 5.92 Å². The summed E-state index contributed by atoms with van der Waals surface area (Å²) >= 11 is 0. The van der Waals surface area contributed by atoms with Crippen molar-refractivity contribution in [2.45, 2.75) is 56.8 Å². The number of benzene rings is 1. The molecule has 3 atom stereocenters. The number of urea groups is 1. The third kappa shape index (κ3) is 3.59. The number of rotatable bonds is 2. The molecule has 1 saturated heterocycles. The molecule has 0 radical (unpaired) electrons. The predicted octanol–water partition coefficient (Wildman–Crippen LogP) is 2.79. The zero-order valence-corrected chi connectivity index (χ0v) is 17.4. The van der Waals surface area contributed by atoms with Crippen molar-refractivity contribution in [3.8, 4) is 0 Å². The van der Waals surface area contributed by atoms with E-state index in [-0.39, 0.29) is 17.3 Å². The van der Waals surface area contributed by atoms with Crippen LogP contribution in [-0.4, -0.2) is 53.0 Å². The smallest absolute Gasteiger partial charge is 0.324 e. The van der Waals surface area contributed by atoms with Crippen LogP contribution in [0.2, 0.25) is 0 Å². The van der Waals surface area contributed by atoms with E-state index < -0.39 is 54.5 Å². The molecule has 3 unspecified atom stereocenters. The van der Waals surface area contributed by atoms with Gasteiger partial charge in [0.05, 0.1) is 17.8 Å². The van der Waals surface area contributed by atoms with Crippen molar-refractivity contribution in [1.29, 1.82) is 0 Å². The van der Waals surface area contributed by atoms with Crippen molar-refractivity contribution >= 4 is 35.1 Å². The molecule has 1 spiro atoms. The summed E-state index contributed by atoms with van der Waals surface area (Å²) in [4.78, 5) is 52.2. The maximum atomic E-state index is 13.9. The summed E-state index contributed by atoms with van der Waals surface area (Å²) in [5, 5.41) is 5.07. The topological polar surface area (TPSA) is 98.8 Å². The molecule has 32 heavy (non-hydrogen) atoms. The molecule has 172 valence electrons. The van der Waals surface area contributed by atoms with Gasteiger partial charge in [-0.3, -0.25) is 24.2 Å². The number of anilines is 2. The number of imide groups is 1. The average molecular weight is 452 g/mol. The molecule has 2 heterocycles. The monoisotopic (exact) mass is 452 g/mol. The van der Waals surface area contributed by atoms with Crippen LogP contribution in [0.1, 0.15) is 39.0 Å². The Morgan fingerprint density at radius 1 is 1.19 bits per heavy atom. The Hall–Kier alpha value is -3.11. The fraction of sp³-hybridized carbons (Fsp3) is 0.524. The number of amides is 5. The highest BCUT2D eigenvalue weighted by Gasteiger charge is 2.56. The molecule has 1 saturated carbocycles. The van der Waals surface area contributed by atoms with Crippen molar-refractivity contribution in [1.82, 2.24) is 10.2 Å². The fourth-order valence-corrected chi connectivity index (χ4v) is 4.85. The van der Waals surface area contributed by atoms with Gasteiger partial charge in [0.1, 0.15) is 18.1 Å². The van der Waals surface area contributed by atoms with E-state index in [2.05, 4.69) is 10.6 Å². The standard InChI is InChI=1S/C21H23F3N4O4/c1-12-6-4-5-9-20(12)18(31)27(19(32)26-20)11-17(30)28-14-8-3-2-7-13(14)25-16(29)10-15(28)21(22,23)24/h2-3,7-8,12,15H,4-6,9-11H2,1H3,(H,25,29)(H,26,32). The van der Waals surface area contributed by atoms with Gasteiger partial charge in [0.15, 0.2) is 0 Å². The Balaban J connectivity index is 1.67. The molecule has 2 aliphatic heterocycles. The molecule has 1 aromatic rings. The first kappa shape index (κ1) is 22.1. The lowest BCUT2D eigenvalue weighted by Crippen LogP contribution is -2.55. The molecule has 0 aromatic heterocycles. The summed E-state index contributed by atoms with van der Waals surface area (Å²) in [6, 6.07) is 2.41. The fourth-order valence-electron chi connectivity index (χ4n) is 4.85. The second kappa shape index (κ2) is 7.79.